The molecule has 0 spiro atoms. The van der Waals surface area contributed by atoms with Crippen LogP contribution >= 0.6 is 0 Å². The van der Waals surface area contributed by atoms with Gasteiger partial charge in [0.15, 0.2) is 0 Å². The summed E-state index contributed by atoms with van der Waals surface area (Å²) in [6, 6.07) is -0.454. The van der Waals surface area contributed by atoms with E-state index in [2.05, 4.69) is 0 Å². The maximum Gasteiger partial charge on any atom is 0.305 e. The highest BCUT2D eigenvalue weighted by atomic mass is 16.4. The van der Waals surface area contributed by atoms with E-state index in [4.69, 9.17) is 5.11 Å². The molecule has 2 rings (SSSR count). The summed E-state index contributed by atoms with van der Waals surface area (Å²) in [5.74, 6) is -0.222. The van der Waals surface area contributed by atoms with E-state index >= 15 is 0 Å². The molecule has 0 aromatic heterocycles. The molecule has 1 N–H and O–H groups in total. The molecule has 0 radical (unpaired) electrons. The summed E-state index contributed by atoms with van der Waals surface area (Å²) in [4.78, 5) is 26.9. The molecule has 1 aliphatic carbocycles. The molecule has 5 nitrogen and oxygen atoms in total. The monoisotopic (exact) mass is 240 g/mol. The summed E-state index contributed by atoms with van der Waals surface area (Å²) < 4.78 is 0. The Kier molecular flexibility index (Phi) is 3.66. The summed E-state index contributed by atoms with van der Waals surface area (Å²) in [5, 5.41) is 8.88. The van der Waals surface area contributed by atoms with Crippen molar-refractivity contribution >= 4 is 11.9 Å². The number of carbonyl (C=O) groups is 2. The Hall–Kier alpha value is -1.10. The van der Waals surface area contributed by atoms with Gasteiger partial charge >= 0.3 is 5.97 Å². The maximum atomic E-state index is 12.2. The lowest BCUT2D eigenvalue weighted by Crippen LogP contribution is -2.57. The fourth-order valence-electron chi connectivity index (χ4n) is 2.44. The number of rotatable bonds is 5. The van der Waals surface area contributed by atoms with Crippen LogP contribution < -0.4 is 0 Å². The average molecular weight is 240 g/mol. The SMILES string of the molecule is CCN1CCN(CC2CC2)C(=O)C1CC(=O)O. The predicted octanol–water partition coefficient (Wildman–Crippen LogP) is 0.404. The number of carboxylic acids is 1. The number of carbonyl (C=O) groups excluding carboxylic acids is 1. The Morgan fingerprint density at radius 2 is 2.12 bits per heavy atom. The molecule has 2 aliphatic rings. The average Bonchev–Trinajstić information content (AvgIpc) is 3.07. The quantitative estimate of drug-likeness (QED) is 0.756. The fourth-order valence-corrected chi connectivity index (χ4v) is 2.44. The molecule has 1 aliphatic heterocycles. The Morgan fingerprint density at radius 3 is 2.65 bits per heavy atom. The third-order valence-corrected chi connectivity index (χ3v) is 3.64. The summed E-state index contributed by atoms with van der Waals surface area (Å²) >= 11 is 0. The number of piperazine rings is 1. The van der Waals surface area contributed by atoms with Gasteiger partial charge in [-0.3, -0.25) is 14.5 Å². The number of hydrogen-bond acceptors (Lipinski definition) is 3. The van der Waals surface area contributed by atoms with Crippen LogP contribution in [0.2, 0.25) is 0 Å². The minimum atomic E-state index is -0.893. The highest BCUT2D eigenvalue weighted by Gasteiger charge is 2.37. The van der Waals surface area contributed by atoms with E-state index in [1.54, 1.807) is 0 Å². The topological polar surface area (TPSA) is 60.9 Å². The van der Waals surface area contributed by atoms with Crippen molar-refractivity contribution in [2.75, 3.05) is 26.2 Å². The molecule has 1 heterocycles. The van der Waals surface area contributed by atoms with Crippen molar-refractivity contribution in [3.63, 3.8) is 0 Å². The van der Waals surface area contributed by atoms with Gasteiger partial charge in [-0.05, 0) is 25.3 Å². The van der Waals surface area contributed by atoms with Crippen molar-refractivity contribution in [3.8, 4) is 0 Å². The van der Waals surface area contributed by atoms with E-state index in [1.165, 1.54) is 12.8 Å². The zero-order chi connectivity index (χ0) is 12.4. The molecular formula is C12H20N2O3. The van der Waals surface area contributed by atoms with Gasteiger partial charge in [-0.2, -0.15) is 0 Å². The maximum absolute atomic E-state index is 12.2. The van der Waals surface area contributed by atoms with E-state index in [9.17, 15) is 9.59 Å². The second-order valence-electron chi connectivity index (χ2n) is 4.97. The number of hydrogen-bond donors (Lipinski definition) is 1. The van der Waals surface area contributed by atoms with Crippen molar-refractivity contribution in [1.29, 1.82) is 0 Å². The van der Waals surface area contributed by atoms with Gasteiger partial charge in [-0.15, -0.1) is 0 Å². The van der Waals surface area contributed by atoms with E-state index in [1.807, 2.05) is 16.7 Å². The second kappa shape index (κ2) is 5.04. The lowest BCUT2D eigenvalue weighted by Gasteiger charge is -2.39. The van der Waals surface area contributed by atoms with Crippen molar-refractivity contribution in [2.45, 2.75) is 32.2 Å². The van der Waals surface area contributed by atoms with Gasteiger partial charge < -0.3 is 10.0 Å². The molecule has 1 unspecified atom stereocenters. The smallest absolute Gasteiger partial charge is 0.305 e. The molecule has 0 bridgehead atoms. The zero-order valence-electron chi connectivity index (χ0n) is 10.3. The zero-order valence-corrected chi connectivity index (χ0v) is 10.3. The summed E-state index contributed by atoms with van der Waals surface area (Å²) in [6.07, 6.45) is 2.35. The van der Waals surface area contributed by atoms with Gasteiger partial charge in [0.05, 0.1) is 12.5 Å². The standard InChI is InChI=1S/C12H20N2O3/c1-2-13-5-6-14(8-9-3-4-9)12(17)10(13)7-11(15)16/h9-10H,2-8H2,1H3,(H,15,16). The van der Waals surface area contributed by atoms with Crippen LogP contribution in [0.4, 0.5) is 0 Å². The molecule has 1 amide bonds. The molecule has 1 saturated heterocycles. The van der Waals surface area contributed by atoms with Crippen LogP contribution in [0, 0.1) is 5.92 Å². The first-order valence-electron chi connectivity index (χ1n) is 6.36. The third-order valence-electron chi connectivity index (χ3n) is 3.64. The molecule has 2 fully saturated rings. The number of amides is 1. The molecule has 17 heavy (non-hydrogen) atoms. The Labute approximate surface area is 101 Å². The predicted molar refractivity (Wildman–Crippen MR) is 62.6 cm³/mol. The van der Waals surface area contributed by atoms with Crippen LogP contribution in [0.1, 0.15) is 26.2 Å². The highest BCUT2D eigenvalue weighted by molar-refractivity contribution is 5.86. The lowest BCUT2D eigenvalue weighted by atomic mass is 10.1. The highest BCUT2D eigenvalue weighted by Crippen LogP contribution is 2.30. The van der Waals surface area contributed by atoms with Crippen molar-refractivity contribution in [3.05, 3.63) is 0 Å². The van der Waals surface area contributed by atoms with Crippen LogP contribution in [0.25, 0.3) is 0 Å². The Balaban J connectivity index is 2.00. The Bertz CT molecular complexity index is 315. The first kappa shape index (κ1) is 12.4. The number of likely N-dealkylation sites (N-methyl/N-ethyl adjacent to an activating group) is 1. The molecule has 1 saturated carbocycles. The van der Waals surface area contributed by atoms with Gasteiger partial charge in [-0.1, -0.05) is 6.92 Å². The van der Waals surface area contributed by atoms with Crippen molar-refractivity contribution in [1.82, 2.24) is 9.80 Å². The minimum absolute atomic E-state index is 0.00685. The first-order valence-corrected chi connectivity index (χ1v) is 6.36. The number of aliphatic carboxylic acids is 1. The fraction of sp³-hybridized carbons (Fsp3) is 0.833. The summed E-state index contributed by atoms with van der Waals surface area (Å²) in [7, 11) is 0. The van der Waals surface area contributed by atoms with E-state index in [0.29, 0.717) is 5.92 Å². The van der Waals surface area contributed by atoms with Gasteiger partial charge in [0, 0.05) is 19.6 Å². The lowest BCUT2D eigenvalue weighted by molar-refractivity contribution is -0.149. The molecule has 1 atom stereocenters. The molecule has 5 heteroatoms. The van der Waals surface area contributed by atoms with Crippen molar-refractivity contribution < 1.29 is 14.7 Å². The van der Waals surface area contributed by atoms with E-state index < -0.39 is 12.0 Å². The van der Waals surface area contributed by atoms with Crippen LogP contribution in [0.15, 0.2) is 0 Å². The number of carboxylic acid groups (broad SMARTS) is 1. The van der Waals surface area contributed by atoms with Gasteiger partial charge in [-0.25, -0.2) is 0 Å². The van der Waals surface area contributed by atoms with Gasteiger partial charge in [0.1, 0.15) is 0 Å². The summed E-state index contributed by atoms with van der Waals surface area (Å²) in [6.45, 7) is 5.08. The van der Waals surface area contributed by atoms with Crippen molar-refractivity contribution in [2.24, 2.45) is 5.92 Å². The normalized spacial score (nSPS) is 26.3. The van der Waals surface area contributed by atoms with Crippen LogP contribution in [0.3, 0.4) is 0 Å². The molecule has 0 aromatic carbocycles. The molecule has 0 aromatic rings. The largest absolute Gasteiger partial charge is 0.481 e. The second-order valence-corrected chi connectivity index (χ2v) is 4.97. The Morgan fingerprint density at radius 1 is 1.41 bits per heavy atom. The van der Waals surface area contributed by atoms with E-state index in [0.717, 1.165) is 26.2 Å². The van der Waals surface area contributed by atoms with Gasteiger partial charge in [0.25, 0.3) is 0 Å². The van der Waals surface area contributed by atoms with Crippen LogP contribution in [-0.4, -0.2) is 59.0 Å². The minimum Gasteiger partial charge on any atom is -0.481 e. The van der Waals surface area contributed by atoms with Crippen LogP contribution in [0.5, 0.6) is 0 Å². The van der Waals surface area contributed by atoms with E-state index in [-0.39, 0.29) is 12.3 Å². The van der Waals surface area contributed by atoms with Crippen LogP contribution in [-0.2, 0) is 9.59 Å². The third kappa shape index (κ3) is 2.97. The molecular weight excluding hydrogens is 220 g/mol. The summed E-state index contributed by atoms with van der Waals surface area (Å²) in [5.41, 5.74) is 0. The first-order chi connectivity index (χ1) is 8.11. The van der Waals surface area contributed by atoms with Gasteiger partial charge in [0.2, 0.25) is 5.91 Å². The number of nitrogens with zero attached hydrogens (tertiary/aromatic N) is 2. The molecule has 96 valence electrons.